The van der Waals surface area contributed by atoms with Gasteiger partial charge >= 0.3 is 34.1 Å². The molecule has 0 unspecified atom stereocenters. The highest BCUT2D eigenvalue weighted by molar-refractivity contribution is 14.1. The van der Waals surface area contributed by atoms with Gasteiger partial charge in [-0.25, -0.2) is 28.8 Å². The summed E-state index contributed by atoms with van der Waals surface area (Å²) in [5.74, 6) is 0.617. The molecule has 30 nitrogen and oxygen atoms in total. The van der Waals surface area contributed by atoms with E-state index in [1.165, 1.54) is 121 Å². The maximum absolute atomic E-state index is 12.9. The summed E-state index contributed by atoms with van der Waals surface area (Å²) in [4.78, 5) is 165. The number of H-pyrrole nitrogens is 4. The van der Waals surface area contributed by atoms with Crippen molar-refractivity contribution in [1.82, 2.24) is 56.5 Å². The molecule has 0 aliphatic heterocycles. The lowest BCUT2D eigenvalue weighted by Crippen LogP contribution is -2.41. The minimum absolute atomic E-state index is 0.0315. The monoisotopic (exact) mass is 1360 g/mol. The Bertz CT molecular complexity index is 4680. The molecule has 3 aromatic carbocycles. The minimum Gasteiger partial charge on any atom is -0.314 e. The topological polar surface area (TPSA) is 394 Å². The van der Waals surface area contributed by atoms with Crippen LogP contribution in [0.25, 0.3) is 0 Å². The maximum Gasteiger partial charge on any atom is 0.331 e. The van der Waals surface area contributed by atoms with E-state index < -0.39 is 26.8 Å². The zero-order chi connectivity index (χ0) is 66.4. The molecule has 6 heterocycles. The van der Waals surface area contributed by atoms with E-state index in [0.717, 1.165) is 14.7 Å². The number of aryl methyl sites for hydroxylation is 3. The number of halogens is 1. The third-order valence-electron chi connectivity index (χ3n) is 12.3. The first-order valence-corrected chi connectivity index (χ1v) is 28.8. The minimum atomic E-state index is -0.535. The first-order chi connectivity index (χ1) is 41.9. The number of nitro groups is 2. The summed E-state index contributed by atoms with van der Waals surface area (Å²) in [6.45, 7) is 9.68. The van der Waals surface area contributed by atoms with Crippen molar-refractivity contribution in [3.8, 4) is 0 Å². The molecule has 32 heteroatoms. The van der Waals surface area contributed by atoms with Gasteiger partial charge in [-0.1, -0.05) is 54.6 Å². The number of thioether (sulfide) groups is 1. The Kier molecular flexibility index (Phi) is 26.8. The first kappa shape index (κ1) is 71.1. The Morgan fingerprint density at radius 3 is 1.60 bits per heavy atom. The standard InChI is InChI=1S/C19H16N4O6.C11H9IN2O2.C10H16N2O2.C6H8N2O2S.C6H8N2O2.C5H6N2O2/c1-13-10-18(24)21(12-15-4-8-17(9-5-15)23(28)29)19(25)20(13)11-14-2-6-16(7-3-14)22(26)27;12-9-7-14(11(16)13-10(9)15)6-8-4-2-1-3-5-8;1-7(2)11-6-5-9(13)12(8(3)4)10(11)14;1-11-3-4-2-7-6(10)8-5(4)9;1-7-4-3-5(9)8(2)6(7)10;1-7-3-2-4(8)6-5(7)9/h2-10H,11-12H2,1H3;1-5,7H,6H2,(H,13,15,16);5-8H,1-4H3;2H,3H2,1H3,(H2,7,8,9,10);3-4H,1-2H3;2-3H,1H3,(H,6,8,9). The quantitative estimate of drug-likeness (QED) is 0.0776. The lowest BCUT2D eigenvalue weighted by atomic mass is 10.2. The summed E-state index contributed by atoms with van der Waals surface area (Å²) in [5, 5.41) is 21.5. The lowest BCUT2D eigenvalue weighted by Gasteiger charge is -2.14. The van der Waals surface area contributed by atoms with E-state index in [9.17, 15) is 77.8 Å². The third-order valence-corrected chi connectivity index (χ3v) is 13.7. The van der Waals surface area contributed by atoms with Crippen LogP contribution in [0.4, 0.5) is 11.4 Å². The number of rotatable bonds is 12. The number of hydrogen-bond acceptors (Lipinski definition) is 17. The highest BCUT2D eigenvalue weighted by Crippen LogP contribution is 2.14. The molecule has 89 heavy (non-hydrogen) atoms. The fourth-order valence-electron chi connectivity index (χ4n) is 7.49. The Labute approximate surface area is 519 Å². The second kappa shape index (κ2) is 33.5. The molecule has 4 N–H and O–H groups in total. The van der Waals surface area contributed by atoms with E-state index in [0.29, 0.717) is 38.3 Å². The highest BCUT2D eigenvalue weighted by atomic mass is 127. The van der Waals surface area contributed by atoms with Gasteiger partial charge in [0.25, 0.3) is 44.7 Å². The maximum atomic E-state index is 12.9. The predicted molar refractivity (Wildman–Crippen MR) is 344 cm³/mol. The van der Waals surface area contributed by atoms with Crippen molar-refractivity contribution in [2.45, 2.75) is 72.1 Å². The van der Waals surface area contributed by atoms with Gasteiger partial charge < -0.3 is 14.1 Å². The van der Waals surface area contributed by atoms with Crippen LogP contribution in [-0.2, 0) is 46.5 Å². The Hall–Kier alpha value is -10.4. The van der Waals surface area contributed by atoms with Crippen molar-refractivity contribution in [2.24, 2.45) is 21.1 Å². The van der Waals surface area contributed by atoms with Gasteiger partial charge in [0.15, 0.2) is 0 Å². The number of aromatic amines is 4. The van der Waals surface area contributed by atoms with E-state index in [4.69, 9.17) is 0 Å². The fourth-order valence-corrected chi connectivity index (χ4v) is 8.49. The number of non-ortho nitro benzene ring substituents is 2. The van der Waals surface area contributed by atoms with Gasteiger partial charge in [0.1, 0.15) is 0 Å². The van der Waals surface area contributed by atoms with Crippen LogP contribution in [0.5, 0.6) is 0 Å². The molecule has 0 atom stereocenters. The molecule has 0 amide bonds. The predicted octanol–water partition coefficient (Wildman–Crippen LogP) is 2.68. The SMILES string of the molecule is CC(C)n1ccc(=O)n(C(C)C)c1=O.CSCc1c[nH]c(=O)[nH]c1=O.Cc1cc(=O)n(Cc2ccc([N+](=O)[O-])cc2)c(=O)n1Cc1ccc([N+](=O)[O-])cc1.Cn1ccc(=O)[nH]c1=O.Cn1ccc(=O)n(C)c1=O.O=c1[nH]c(=O)n(Cc2ccccc2)cc1I. The summed E-state index contributed by atoms with van der Waals surface area (Å²) >= 11 is 3.44. The zero-order valence-corrected chi connectivity index (χ0v) is 52.4. The Morgan fingerprint density at radius 1 is 0.562 bits per heavy atom. The number of nitrogens with one attached hydrogen (secondary N) is 4. The van der Waals surface area contributed by atoms with Gasteiger partial charge in [-0.2, -0.15) is 11.8 Å². The molecule has 9 rings (SSSR count). The Morgan fingerprint density at radius 2 is 1.10 bits per heavy atom. The molecule has 9 aromatic rings. The molecule has 0 bridgehead atoms. The van der Waals surface area contributed by atoms with Gasteiger partial charge in [0.05, 0.1) is 33.1 Å². The molecular formula is C57H63IN14O16S. The van der Waals surface area contributed by atoms with Crippen LogP contribution in [0.1, 0.15) is 67.7 Å². The molecule has 0 saturated heterocycles. The van der Waals surface area contributed by atoms with Gasteiger partial charge in [-0.3, -0.25) is 91.4 Å². The summed E-state index contributed by atoms with van der Waals surface area (Å²) in [6.07, 6.45) is 9.32. The summed E-state index contributed by atoms with van der Waals surface area (Å²) in [7, 11) is 4.62. The van der Waals surface area contributed by atoms with Crippen LogP contribution in [0.2, 0.25) is 0 Å². The first-order valence-electron chi connectivity index (χ1n) is 26.4. The molecule has 0 radical (unpaired) electrons. The lowest BCUT2D eigenvalue weighted by molar-refractivity contribution is -0.385. The van der Waals surface area contributed by atoms with E-state index in [1.54, 1.807) is 50.1 Å². The highest BCUT2D eigenvalue weighted by Gasteiger charge is 2.14. The Balaban J connectivity index is 0.000000242. The molecular weight excluding hydrogens is 1300 g/mol. The normalized spacial score (nSPS) is 10.4. The smallest absolute Gasteiger partial charge is 0.314 e. The molecule has 0 spiro atoms. The van der Waals surface area contributed by atoms with Crippen LogP contribution < -0.4 is 67.5 Å². The van der Waals surface area contributed by atoms with Gasteiger partial charge in [0.2, 0.25) is 0 Å². The van der Waals surface area contributed by atoms with E-state index in [2.05, 4.69) is 19.9 Å². The summed E-state index contributed by atoms with van der Waals surface area (Å²) in [5.41, 5.74) is -1.11. The largest absolute Gasteiger partial charge is 0.331 e. The van der Waals surface area contributed by atoms with Crippen molar-refractivity contribution < 1.29 is 9.85 Å². The summed E-state index contributed by atoms with van der Waals surface area (Å²) < 4.78 is 10.9. The molecule has 0 aliphatic rings. The third kappa shape index (κ3) is 21.2. The van der Waals surface area contributed by atoms with E-state index >= 15 is 0 Å². The van der Waals surface area contributed by atoms with Crippen molar-refractivity contribution in [3.05, 3.63) is 311 Å². The van der Waals surface area contributed by atoms with Crippen LogP contribution in [0.15, 0.2) is 192 Å². The second-order valence-corrected chi connectivity index (χ2v) is 21.6. The second-order valence-electron chi connectivity index (χ2n) is 19.5. The van der Waals surface area contributed by atoms with Crippen LogP contribution in [0, 0.1) is 30.7 Å². The van der Waals surface area contributed by atoms with Gasteiger partial charge in [0, 0.05) is 130 Å². The van der Waals surface area contributed by atoms with Crippen molar-refractivity contribution >= 4 is 45.7 Å². The van der Waals surface area contributed by atoms with Crippen LogP contribution >= 0.6 is 34.4 Å². The number of nitro benzene ring substituents is 2. The number of benzene rings is 3. The van der Waals surface area contributed by atoms with Crippen molar-refractivity contribution in [2.75, 3.05) is 6.26 Å². The number of nitrogens with zero attached hydrogens (tertiary/aromatic N) is 10. The van der Waals surface area contributed by atoms with Gasteiger partial charge in [-0.05, 0) is 80.2 Å². The average molecular weight is 1360 g/mol. The van der Waals surface area contributed by atoms with E-state index in [1.807, 2.05) is 86.9 Å². The number of hydrogen-bond donors (Lipinski definition) is 4. The molecule has 470 valence electrons. The number of aromatic nitrogens is 12. The average Bonchev–Trinajstić information content (AvgIpc) is 3.68. The van der Waals surface area contributed by atoms with Gasteiger partial charge in [-0.15, -0.1) is 0 Å². The van der Waals surface area contributed by atoms with Crippen molar-refractivity contribution in [3.63, 3.8) is 0 Å². The molecule has 0 saturated carbocycles. The fraction of sp³-hybridized carbons (Fsp3) is 0.263. The van der Waals surface area contributed by atoms with Crippen LogP contribution in [-0.4, -0.2) is 72.6 Å². The zero-order valence-electron chi connectivity index (χ0n) is 49.5. The summed E-state index contributed by atoms with van der Waals surface area (Å²) in [6, 6.07) is 26.4. The van der Waals surface area contributed by atoms with Crippen molar-refractivity contribution in [1.29, 1.82) is 0 Å². The molecule has 0 fully saturated rings. The molecule has 0 aliphatic carbocycles. The van der Waals surface area contributed by atoms with Crippen LogP contribution in [0.3, 0.4) is 0 Å². The van der Waals surface area contributed by atoms with E-state index in [-0.39, 0.29) is 87.1 Å². The molecule has 6 aromatic heterocycles.